The van der Waals surface area contributed by atoms with Crippen molar-refractivity contribution in [1.29, 1.82) is 0 Å². The quantitative estimate of drug-likeness (QED) is 0.856. The van der Waals surface area contributed by atoms with Crippen LogP contribution < -0.4 is 5.32 Å². The van der Waals surface area contributed by atoms with E-state index in [4.69, 9.17) is 0 Å². The van der Waals surface area contributed by atoms with E-state index in [-0.39, 0.29) is 12.5 Å². The van der Waals surface area contributed by atoms with Gasteiger partial charge in [-0.2, -0.15) is 13.2 Å². The van der Waals surface area contributed by atoms with E-state index in [1.165, 1.54) is 17.4 Å². The molecular formula is C13H9BrF3NOS. The molecule has 0 fully saturated rings. The summed E-state index contributed by atoms with van der Waals surface area (Å²) in [5.41, 5.74) is 0.166. The molecule has 2 rings (SSSR count). The summed E-state index contributed by atoms with van der Waals surface area (Å²) >= 11 is 4.61. The summed E-state index contributed by atoms with van der Waals surface area (Å²) in [5, 5.41) is 4.26. The van der Waals surface area contributed by atoms with Gasteiger partial charge in [-0.25, -0.2) is 0 Å². The molecule has 1 aromatic carbocycles. The van der Waals surface area contributed by atoms with Crippen molar-refractivity contribution in [2.24, 2.45) is 0 Å². The summed E-state index contributed by atoms with van der Waals surface area (Å²) in [5.74, 6) is -0.315. The third-order valence-electron chi connectivity index (χ3n) is 2.54. The van der Waals surface area contributed by atoms with Crippen LogP contribution in [0.25, 0.3) is 0 Å². The van der Waals surface area contributed by atoms with E-state index < -0.39 is 11.7 Å². The molecule has 0 spiro atoms. The Hall–Kier alpha value is -1.34. The van der Waals surface area contributed by atoms with Gasteiger partial charge < -0.3 is 5.32 Å². The molecule has 0 aliphatic rings. The van der Waals surface area contributed by atoms with Gasteiger partial charge in [0.2, 0.25) is 0 Å². The van der Waals surface area contributed by atoms with Crippen LogP contribution >= 0.6 is 27.3 Å². The summed E-state index contributed by atoms with van der Waals surface area (Å²) in [6, 6.07) is 6.56. The molecule has 0 aliphatic heterocycles. The minimum Gasteiger partial charge on any atom is -0.348 e. The predicted octanol–water partition coefficient (Wildman–Crippen LogP) is 4.46. The molecule has 0 unspecified atom stereocenters. The Morgan fingerprint density at radius 2 is 2.05 bits per heavy atom. The molecule has 0 saturated heterocycles. The van der Waals surface area contributed by atoms with Crippen LogP contribution in [0.4, 0.5) is 13.2 Å². The maximum absolute atomic E-state index is 12.5. The van der Waals surface area contributed by atoms with Crippen molar-refractivity contribution < 1.29 is 18.0 Å². The Balaban J connectivity index is 2.02. The molecule has 1 heterocycles. The van der Waals surface area contributed by atoms with Crippen LogP contribution in [-0.2, 0) is 12.7 Å². The maximum atomic E-state index is 12.5. The zero-order valence-corrected chi connectivity index (χ0v) is 12.4. The van der Waals surface area contributed by atoms with Crippen molar-refractivity contribution in [2.75, 3.05) is 0 Å². The van der Waals surface area contributed by atoms with Gasteiger partial charge in [-0.15, -0.1) is 11.3 Å². The Labute approximate surface area is 125 Å². The molecular weight excluding hydrogens is 355 g/mol. The molecule has 7 heteroatoms. The molecule has 0 atom stereocenters. The van der Waals surface area contributed by atoms with Gasteiger partial charge in [-0.3, -0.25) is 4.79 Å². The molecule has 106 valence electrons. The Morgan fingerprint density at radius 1 is 1.30 bits per heavy atom. The van der Waals surface area contributed by atoms with Gasteiger partial charge in [0, 0.05) is 11.9 Å². The van der Waals surface area contributed by atoms with Crippen molar-refractivity contribution in [2.45, 2.75) is 12.7 Å². The first-order chi connectivity index (χ1) is 9.36. The lowest BCUT2D eigenvalue weighted by atomic mass is 10.1. The van der Waals surface area contributed by atoms with Crippen molar-refractivity contribution in [3.63, 3.8) is 0 Å². The van der Waals surface area contributed by atoms with Crippen LogP contribution in [0, 0.1) is 0 Å². The van der Waals surface area contributed by atoms with Gasteiger partial charge in [0.15, 0.2) is 0 Å². The van der Waals surface area contributed by atoms with E-state index in [2.05, 4.69) is 21.2 Å². The maximum Gasteiger partial charge on any atom is 0.416 e. The van der Waals surface area contributed by atoms with Crippen molar-refractivity contribution in [3.05, 3.63) is 56.2 Å². The Kier molecular flexibility index (Phi) is 4.49. The zero-order valence-electron chi connectivity index (χ0n) is 10.00. The first kappa shape index (κ1) is 15.1. The van der Waals surface area contributed by atoms with Gasteiger partial charge in [0.1, 0.15) is 0 Å². The highest BCUT2D eigenvalue weighted by Crippen LogP contribution is 2.29. The second-order valence-corrected chi connectivity index (χ2v) is 6.31. The Bertz CT molecular complexity index is 624. The number of halogens is 4. The average Bonchev–Trinajstić information content (AvgIpc) is 2.82. The smallest absolute Gasteiger partial charge is 0.348 e. The highest BCUT2D eigenvalue weighted by atomic mass is 79.9. The molecule has 1 N–H and O–H groups in total. The van der Waals surface area contributed by atoms with Crippen LogP contribution in [0.5, 0.6) is 0 Å². The lowest BCUT2D eigenvalue weighted by Crippen LogP contribution is -2.22. The number of rotatable bonds is 3. The minimum absolute atomic E-state index is 0.0518. The van der Waals surface area contributed by atoms with Gasteiger partial charge in [0.05, 0.1) is 14.9 Å². The minimum atomic E-state index is -4.38. The number of nitrogens with one attached hydrogen (secondary N) is 1. The van der Waals surface area contributed by atoms with Crippen molar-refractivity contribution >= 4 is 33.2 Å². The lowest BCUT2D eigenvalue weighted by molar-refractivity contribution is -0.137. The monoisotopic (exact) mass is 363 g/mol. The van der Waals surface area contributed by atoms with Crippen molar-refractivity contribution in [1.82, 2.24) is 5.32 Å². The SMILES string of the molecule is O=C(NCc1cccc(C(F)(F)F)c1)c1csc(Br)c1. The molecule has 2 nitrogen and oxygen atoms in total. The van der Waals surface area contributed by atoms with E-state index in [0.717, 1.165) is 15.9 Å². The number of alkyl halides is 3. The molecule has 20 heavy (non-hydrogen) atoms. The van der Waals surface area contributed by atoms with Crippen LogP contribution in [0.2, 0.25) is 0 Å². The highest BCUT2D eigenvalue weighted by molar-refractivity contribution is 9.11. The van der Waals surface area contributed by atoms with Gasteiger partial charge in [-0.05, 0) is 39.7 Å². The molecule has 0 radical (unpaired) electrons. The number of carbonyl (C=O) groups is 1. The summed E-state index contributed by atoms with van der Waals surface area (Å²) in [6.07, 6.45) is -4.38. The third-order valence-corrected chi connectivity index (χ3v) is 4.04. The van der Waals surface area contributed by atoms with Crippen LogP contribution in [0.15, 0.2) is 39.5 Å². The van der Waals surface area contributed by atoms with Crippen LogP contribution in [-0.4, -0.2) is 5.91 Å². The number of carbonyl (C=O) groups excluding carboxylic acids is 1. The van der Waals surface area contributed by atoms with E-state index in [1.54, 1.807) is 17.5 Å². The van der Waals surface area contributed by atoms with Gasteiger partial charge in [-0.1, -0.05) is 12.1 Å². The fourth-order valence-electron chi connectivity index (χ4n) is 1.57. The second kappa shape index (κ2) is 5.97. The first-order valence-corrected chi connectivity index (χ1v) is 7.22. The van der Waals surface area contributed by atoms with Gasteiger partial charge in [0.25, 0.3) is 5.91 Å². The molecule has 0 aliphatic carbocycles. The highest BCUT2D eigenvalue weighted by Gasteiger charge is 2.30. The standard InChI is InChI=1S/C13H9BrF3NOS/c14-11-5-9(7-20-11)12(19)18-6-8-2-1-3-10(4-8)13(15,16)17/h1-5,7H,6H2,(H,18,19). The number of benzene rings is 1. The number of hydrogen-bond acceptors (Lipinski definition) is 2. The topological polar surface area (TPSA) is 29.1 Å². The van der Waals surface area contributed by atoms with E-state index in [9.17, 15) is 18.0 Å². The van der Waals surface area contributed by atoms with Crippen molar-refractivity contribution in [3.8, 4) is 0 Å². The summed E-state index contributed by atoms with van der Waals surface area (Å²) in [7, 11) is 0. The summed E-state index contributed by atoms with van der Waals surface area (Å²) in [6.45, 7) is 0.0518. The second-order valence-electron chi connectivity index (χ2n) is 4.02. The van der Waals surface area contributed by atoms with E-state index in [1.807, 2.05) is 0 Å². The molecule has 2 aromatic rings. The largest absolute Gasteiger partial charge is 0.416 e. The Morgan fingerprint density at radius 3 is 2.65 bits per heavy atom. The van der Waals surface area contributed by atoms with Crippen LogP contribution in [0.1, 0.15) is 21.5 Å². The first-order valence-electron chi connectivity index (χ1n) is 5.54. The zero-order chi connectivity index (χ0) is 14.8. The number of thiophene rings is 1. The molecule has 0 bridgehead atoms. The molecule has 1 aromatic heterocycles. The van der Waals surface area contributed by atoms with Gasteiger partial charge >= 0.3 is 6.18 Å². The lowest BCUT2D eigenvalue weighted by Gasteiger charge is -2.09. The summed E-state index contributed by atoms with van der Waals surface area (Å²) in [4.78, 5) is 11.8. The van der Waals surface area contributed by atoms with Crippen LogP contribution in [0.3, 0.4) is 0 Å². The number of amides is 1. The molecule has 1 amide bonds. The third kappa shape index (κ3) is 3.83. The van der Waals surface area contributed by atoms with E-state index in [0.29, 0.717) is 11.1 Å². The van der Waals surface area contributed by atoms with E-state index >= 15 is 0 Å². The molecule has 0 saturated carbocycles. The fraction of sp³-hybridized carbons (Fsp3) is 0.154. The number of hydrogen-bond donors (Lipinski definition) is 1. The average molecular weight is 364 g/mol. The predicted molar refractivity (Wildman–Crippen MR) is 74.6 cm³/mol. The fourth-order valence-corrected chi connectivity index (χ4v) is 2.71. The normalized spacial score (nSPS) is 11.4. The summed E-state index contributed by atoms with van der Waals surface area (Å²) < 4.78 is 38.5.